The van der Waals surface area contributed by atoms with Gasteiger partial charge in [-0.2, -0.15) is 0 Å². The quantitative estimate of drug-likeness (QED) is 0.767. The number of thiazole rings is 1. The van der Waals surface area contributed by atoms with E-state index in [-0.39, 0.29) is 5.91 Å². The Hall–Kier alpha value is -1.16. The molecule has 0 unspecified atom stereocenters. The Morgan fingerprint density at radius 1 is 1.43 bits per heavy atom. The summed E-state index contributed by atoms with van der Waals surface area (Å²) in [5.41, 5.74) is 0.670. The number of carbonyl (C=O) groups is 1. The number of hydrogen-bond donors (Lipinski definition) is 1. The first-order valence-corrected chi connectivity index (χ1v) is 8.85. The van der Waals surface area contributed by atoms with Gasteiger partial charge in [0.15, 0.2) is 5.13 Å². The van der Waals surface area contributed by atoms with Crippen molar-refractivity contribution in [1.29, 1.82) is 0 Å². The molecule has 1 aromatic heterocycles. The van der Waals surface area contributed by atoms with E-state index < -0.39 is 5.41 Å². The third-order valence-electron chi connectivity index (χ3n) is 4.12. The highest BCUT2D eigenvalue weighted by Crippen LogP contribution is 2.34. The number of allylic oxidation sites excluding steroid dienone is 1. The topological polar surface area (TPSA) is 42.0 Å². The fourth-order valence-electron chi connectivity index (χ4n) is 2.68. The van der Waals surface area contributed by atoms with Gasteiger partial charge in [0.05, 0.1) is 11.1 Å². The highest BCUT2D eigenvalue weighted by Gasteiger charge is 2.25. The van der Waals surface area contributed by atoms with Crippen molar-refractivity contribution in [3.05, 3.63) is 23.2 Å². The molecule has 1 aliphatic rings. The van der Waals surface area contributed by atoms with Gasteiger partial charge >= 0.3 is 0 Å². The summed E-state index contributed by atoms with van der Waals surface area (Å²) in [6.45, 7) is 5.94. The summed E-state index contributed by atoms with van der Waals surface area (Å²) in [6.07, 6.45) is 11.4. The summed E-state index contributed by atoms with van der Waals surface area (Å²) in [5.74, 6) is 0.602. The van der Waals surface area contributed by atoms with Crippen LogP contribution >= 0.6 is 11.3 Å². The molecule has 1 N–H and O–H groups in total. The van der Waals surface area contributed by atoms with Crippen LogP contribution in [0.15, 0.2) is 17.5 Å². The molecular formula is C17H26N2OS. The van der Waals surface area contributed by atoms with Gasteiger partial charge in [-0.25, -0.2) is 4.98 Å². The number of aromatic nitrogens is 1. The standard InChI is InChI=1S/C17H26N2OS/c1-4-5-11-17(2,3)15(20)19-16-18-14(12-21-16)13-9-7-6-8-10-13/h5,11-13H,4,6-10H2,1-3H3,(H,18,19,20)/b11-5+. The van der Waals surface area contributed by atoms with Gasteiger partial charge in [0.1, 0.15) is 0 Å². The Kier molecular flexibility index (Phi) is 5.57. The summed E-state index contributed by atoms with van der Waals surface area (Å²) in [7, 11) is 0. The van der Waals surface area contributed by atoms with E-state index in [1.165, 1.54) is 32.1 Å². The lowest BCUT2D eigenvalue weighted by molar-refractivity contribution is -0.121. The number of anilines is 1. The van der Waals surface area contributed by atoms with E-state index in [9.17, 15) is 4.79 Å². The molecule has 21 heavy (non-hydrogen) atoms. The van der Waals surface area contributed by atoms with Crippen molar-refractivity contribution >= 4 is 22.4 Å². The number of nitrogens with zero attached hydrogens (tertiary/aromatic N) is 1. The van der Waals surface area contributed by atoms with Gasteiger partial charge < -0.3 is 5.32 Å². The molecule has 1 aromatic rings. The Labute approximate surface area is 131 Å². The van der Waals surface area contributed by atoms with Crippen LogP contribution in [0, 0.1) is 5.41 Å². The fraction of sp³-hybridized carbons (Fsp3) is 0.647. The van der Waals surface area contributed by atoms with E-state index in [4.69, 9.17) is 0 Å². The molecule has 1 aliphatic carbocycles. The van der Waals surface area contributed by atoms with Gasteiger partial charge in [-0.05, 0) is 33.1 Å². The molecule has 0 spiro atoms. The molecule has 1 amide bonds. The minimum absolute atomic E-state index is 0.0109. The predicted molar refractivity (Wildman–Crippen MR) is 89.8 cm³/mol. The number of hydrogen-bond acceptors (Lipinski definition) is 3. The smallest absolute Gasteiger partial charge is 0.235 e. The second kappa shape index (κ2) is 7.21. The van der Waals surface area contributed by atoms with Gasteiger partial charge in [-0.1, -0.05) is 38.3 Å². The van der Waals surface area contributed by atoms with Crippen molar-refractivity contribution in [3.8, 4) is 0 Å². The second-order valence-corrected chi connectivity index (χ2v) is 7.26. The molecule has 4 heteroatoms. The van der Waals surface area contributed by atoms with Gasteiger partial charge in [-0.3, -0.25) is 4.79 Å². The fourth-order valence-corrected chi connectivity index (χ4v) is 3.46. The molecule has 0 aromatic carbocycles. The minimum Gasteiger partial charge on any atom is -0.301 e. The summed E-state index contributed by atoms with van der Waals surface area (Å²) in [6, 6.07) is 0. The first kappa shape index (κ1) is 16.2. The maximum atomic E-state index is 12.3. The first-order valence-electron chi connectivity index (χ1n) is 7.97. The van der Waals surface area contributed by atoms with Crippen molar-refractivity contribution in [3.63, 3.8) is 0 Å². The van der Waals surface area contributed by atoms with Crippen molar-refractivity contribution < 1.29 is 4.79 Å². The SMILES string of the molecule is CC/C=C/C(C)(C)C(=O)Nc1nc(C2CCCCC2)cs1. The third kappa shape index (κ3) is 4.40. The van der Waals surface area contributed by atoms with E-state index in [2.05, 4.69) is 22.6 Å². The minimum atomic E-state index is -0.493. The van der Waals surface area contributed by atoms with Crippen molar-refractivity contribution in [2.45, 2.75) is 65.2 Å². The largest absolute Gasteiger partial charge is 0.301 e. The molecule has 0 aliphatic heterocycles. The average Bonchev–Trinajstić information content (AvgIpc) is 2.94. The van der Waals surface area contributed by atoms with Crippen molar-refractivity contribution in [2.24, 2.45) is 5.41 Å². The maximum absolute atomic E-state index is 12.3. The van der Waals surface area contributed by atoms with Gasteiger partial charge in [0.2, 0.25) is 5.91 Å². The number of carbonyl (C=O) groups excluding carboxylic acids is 1. The molecule has 1 saturated carbocycles. The summed E-state index contributed by atoms with van der Waals surface area (Å²) < 4.78 is 0. The first-order chi connectivity index (χ1) is 10.0. The van der Waals surface area contributed by atoms with Crippen LogP contribution in [-0.2, 0) is 4.79 Å². The van der Waals surface area contributed by atoms with Crippen LogP contribution in [0.3, 0.4) is 0 Å². The Morgan fingerprint density at radius 2 is 2.14 bits per heavy atom. The molecule has 1 heterocycles. The third-order valence-corrected chi connectivity index (χ3v) is 4.90. The monoisotopic (exact) mass is 306 g/mol. The van der Waals surface area contributed by atoms with Crippen molar-refractivity contribution in [2.75, 3.05) is 5.32 Å². The summed E-state index contributed by atoms with van der Waals surface area (Å²) in [5, 5.41) is 5.81. The Balaban J connectivity index is 1.98. The van der Waals surface area contributed by atoms with Crippen LogP contribution in [0.1, 0.15) is 70.9 Å². The number of rotatable bonds is 5. The molecule has 1 fully saturated rings. The van der Waals surface area contributed by atoms with Gasteiger partial charge in [0, 0.05) is 11.3 Å². The lowest BCUT2D eigenvalue weighted by Crippen LogP contribution is -2.28. The van der Waals surface area contributed by atoms with E-state index in [0.717, 1.165) is 17.2 Å². The highest BCUT2D eigenvalue weighted by atomic mass is 32.1. The molecule has 2 rings (SSSR count). The number of amides is 1. The second-order valence-electron chi connectivity index (χ2n) is 6.40. The molecule has 0 bridgehead atoms. The van der Waals surface area contributed by atoms with Crippen LogP contribution in [0.2, 0.25) is 0 Å². The van der Waals surface area contributed by atoms with Gasteiger partial charge in [-0.15, -0.1) is 11.3 Å². The Morgan fingerprint density at radius 3 is 2.81 bits per heavy atom. The zero-order chi connectivity index (χ0) is 15.3. The lowest BCUT2D eigenvalue weighted by atomic mass is 9.87. The van der Waals surface area contributed by atoms with E-state index in [1.54, 1.807) is 11.3 Å². The molecule has 0 saturated heterocycles. The predicted octanol–water partition coefficient (Wildman–Crippen LogP) is 5.12. The molecule has 0 atom stereocenters. The number of nitrogens with one attached hydrogen (secondary N) is 1. The highest BCUT2D eigenvalue weighted by molar-refractivity contribution is 7.13. The molecular weight excluding hydrogens is 280 g/mol. The molecule has 0 radical (unpaired) electrons. The van der Waals surface area contributed by atoms with Crippen LogP contribution in [-0.4, -0.2) is 10.9 Å². The molecule has 116 valence electrons. The van der Waals surface area contributed by atoms with Crippen LogP contribution in [0.5, 0.6) is 0 Å². The maximum Gasteiger partial charge on any atom is 0.235 e. The van der Waals surface area contributed by atoms with Crippen LogP contribution in [0.25, 0.3) is 0 Å². The normalized spacial score (nSPS) is 17.3. The average molecular weight is 306 g/mol. The summed E-state index contributed by atoms with van der Waals surface area (Å²) >= 11 is 1.54. The summed E-state index contributed by atoms with van der Waals surface area (Å²) in [4.78, 5) is 17.0. The zero-order valence-corrected chi connectivity index (χ0v) is 14.1. The van der Waals surface area contributed by atoms with E-state index >= 15 is 0 Å². The van der Waals surface area contributed by atoms with E-state index in [0.29, 0.717) is 5.92 Å². The van der Waals surface area contributed by atoms with E-state index in [1.807, 2.05) is 26.0 Å². The lowest BCUT2D eigenvalue weighted by Gasteiger charge is -2.20. The van der Waals surface area contributed by atoms with Crippen LogP contribution in [0.4, 0.5) is 5.13 Å². The van der Waals surface area contributed by atoms with Gasteiger partial charge in [0.25, 0.3) is 0 Å². The molecule has 3 nitrogen and oxygen atoms in total. The van der Waals surface area contributed by atoms with Crippen LogP contribution < -0.4 is 5.32 Å². The van der Waals surface area contributed by atoms with Crippen molar-refractivity contribution in [1.82, 2.24) is 4.98 Å². The zero-order valence-electron chi connectivity index (χ0n) is 13.3. The Bertz CT molecular complexity index is 499.